The molecule has 0 radical (unpaired) electrons. The average molecular weight is 375 g/mol. The maximum Gasteiger partial charge on any atom is 0.293 e. The first kappa shape index (κ1) is 18.8. The molecule has 0 bridgehead atoms. The molecule has 1 saturated heterocycles. The Labute approximate surface area is 154 Å². The molecule has 0 aromatic heterocycles. The summed E-state index contributed by atoms with van der Waals surface area (Å²) in [5, 5.41) is 14.1. The van der Waals surface area contributed by atoms with E-state index in [9.17, 15) is 23.7 Å². The smallest absolute Gasteiger partial charge is 0.293 e. The van der Waals surface area contributed by atoms with Crippen LogP contribution in [0.5, 0.6) is 0 Å². The number of nitro groups is 1. The van der Waals surface area contributed by atoms with Crippen LogP contribution in [0.2, 0.25) is 0 Å². The molecule has 0 saturated carbocycles. The number of halogens is 2. The molecular formula is C19H19F2N3O3. The van der Waals surface area contributed by atoms with E-state index in [1.54, 1.807) is 13.0 Å². The van der Waals surface area contributed by atoms with Crippen molar-refractivity contribution in [3.63, 3.8) is 0 Å². The second-order valence-corrected chi connectivity index (χ2v) is 6.52. The summed E-state index contributed by atoms with van der Waals surface area (Å²) in [7, 11) is 0. The zero-order chi connectivity index (χ0) is 19.6. The van der Waals surface area contributed by atoms with Gasteiger partial charge in [-0.2, -0.15) is 0 Å². The van der Waals surface area contributed by atoms with Crippen molar-refractivity contribution in [2.45, 2.75) is 25.8 Å². The summed E-state index contributed by atoms with van der Waals surface area (Å²) in [6, 6.07) is 7.16. The molecule has 8 heteroatoms. The minimum Gasteiger partial charge on any atom is -0.366 e. The summed E-state index contributed by atoms with van der Waals surface area (Å²) in [4.78, 5) is 25.3. The zero-order valence-electron chi connectivity index (χ0n) is 14.7. The normalized spacial score (nSPS) is 14.9. The highest BCUT2D eigenvalue weighted by molar-refractivity contribution is 5.96. The first-order chi connectivity index (χ1) is 12.9. The molecule has 2 aromatic rings. The Morgan fingerprint density at radius 2 is 1.85 bits per heavy atom. The fourth-order valence-electron chi connectivity index (χ4n) is 3.18. The first-order valence-electron chi connectivity index (χ1n) is 8.66. The third kappa shape index (κ3) is 4.05. The second kappa shape index (κ2) is 7.69. The molecule has 27 heavy (non-hydrogen) atoms. The lowest BCUT2D eigenvalue weighted by Crippen LogP contribution is -2.27. The highest BCUT2D eigenvalue weighted by atomic mass is 19.2. The molecule has 6 nitrogen and oxygen atoms in total. The lowest BCUT2D eigenvalue weighted by Gasteiger charge is -2.18. The maximum atomic E-state index is 13.4. The largest absolute Gasteiger partial charge is 0.366 e. The number of nitro benzene ring substituents is 1. The predicted octanol–water partition coefficient (Wildman–Crippen LogP) is 3.96. The maximum absolute atomic E-state index is 13.4. The monoisotopic (exact) mass is 375 g/mol. The minimum absolute atomic E-state index is 0.120. The zero-order valence-corrected chi connectivity index (χ0v) is 14.7. The lowest BCUT2D eigenvalue weighted by molar-refractivity contribution is -0.384. The van der Waals surface area contributed by atoms with Crippen LogP contribution in [0.25, 0.3) is 0 Å². The molecule has 3 rings (SSSR count). The number of nitrogens with one attached hydrogen (secondary N) is 1. The van der Waals surface area contributed by atoms with Gasteiger partial charge in [0.25, 0.3) is 11.6 Å². The van der Waals surface area contributed by atoms with Crippen molar-refractivity contribution in [2.24, 2.45) is 0 Å². The van der Waals surface area contributed by atoms with E-state index < -0.39 is 28.5 Å². The van der Waals surface area contributed by atoms with Crippen LogP contribution >= 0.6 is 0 Å². The van der Waals surface area contributed by atoms with Crippen molar-refractivity contribution in [1.82, 2.24) is 5.32 Å². The van der Waals surface area contributed by atoms with E-state index in [1.165, 1.54) is 18.2 Å². The molecule has 1 amide bonds. The molecule has 1 unspecified atom stereocenters. The van der Waals surface area contributed by atoms with E-state index >= 15 is 0 Å². The lowest BCUT2D eigenvalue weighted by atomic mass is 10.1. The Morgan fingerprint density at radius 3 is 2.48 bits per heavy atom. The second-order valence-electron chi connectivity index (χ2n) is 6.52. The molecule has 1 heterocycles. The van der Waals surface area contributed by atoms with Crippen LogP contribution in [0.15, 0.2) is 36.4 Å². The van der Waals surface area contributed by atoms with Crippen LogP contribution in [-0.4, -0.2) is 23.9 Å². The highest BCUT2D eigenvalue weighted by Gasteiger charge is 2.24. The van der Waals surface area contributed by atoms with Crippen molar-refractivity contribution in [3.05, 3.63) is 69.3 Å². The van der Waals surface area contributed by atoms with Gasteiger partial charge in [0.2, 0.25) is 0 Å². The van der Waals surface area contributed by atoms with Crippen LogP contribution in [0.4, 0.5) is 20.2 Å². The van der Waals surface area contributed by atoms with Crippen LogP contribution in [-0.2, 0) is 0 Å². The van der Waals surface area contributed by atoms with Crippen molar-refractivity contribution in [1.29, 1.82) is 0 Å². The summed E-state index contributed by atoms with van der Waals surface area (Å²) in [5.41, 5.74) is 0.914. The molecule has 1 fully saturated rings. The predicted molar refractivity (Wildman–Crippen MR) is 96.8 cm³/mol. The molecule has 2 aromatic carbocycles. The molecular weight excluding hydrogens is 356 g/mol. The molecule has 1 atom stereocenters. The van der Waals surface area contributed by atoms with Gasteiger partial charge in [-0.25, -0.2) is 8.78 Å². The standard InChI is InChI=1S/C19H19F2N3O3/c1-12(13-4-6-15(20)16(21)10-13)22-19(25)14-5-7-17(18(11-14)24(26)27)23-8-2-3-9-23/h4-7,10-12H,2-3,8-9H2,1H3,(H,22,25). The van der Waals surface area contributed by atoms with Gasteiger partial charge in [0.1, 0.15) is 5.69 Å². The first-order valence-corrected chi connectivity index (χ1v) is 8.66. The van der Waals surface area contributed by atoms with Crippen molar-refractivity contribution < 1.29 is 18.5 Å². The van der Waals surface area contributed by atoms with E-state index in [1.807, 2.05) is 4.90 Å². The average Bonchev–Trinajstić information content (AvgIpc) is 3.17. The number of hydrogen-bond donors (Lipinski definition) is 1. The van der Waals surface area contributed by atoms with Gasteiger partial charge in [-0.3, -0.25) is 14.9 Å². The Kier molecular flexibility index (Phi) is 5.34. The number of amides is 1. The van der Waals surface area contributed by atoms with E-state index in [0.29, 0.717) is 11.3 Å². The van der Waals surface area contributed by atoms with E-state index in [4.69, 9.17) is 0 Å². The molecule has 0 spiro atoms. The third-order valence-electron chi connectivity index (χ3n) is 4.67. The number of nitrogens with zero attached hydrogens (tertiary/aromatic N) is 2. The number of hydrogen-bond acceptors (Lipinski definition) is 4. The van der Waals surface area contributed by atoms with Crippen LogP contribution in [0.3, 0.4) is 0 Å². The SMILES string of the molecule is CC(NC(=O)c1ccc(N2CCCC2)c([N+](=O)[O-])c1)c1ccc(F)c(F)c1. The number of carbonyl (C=O) groups is 1. The summed E-state index contributed by atoms with van der Waals surface area (Å²) in [6.45, 7) is 3.12. The van der Waals surface area contributed by atoms with Crippen LogP contribution < -0.4 is 10.2 Å². The molecule has 0 aliphatic carbocycles. The van der Waals surface area contributed by atoms with Gasteiger partial charge >= 0.3 is 0 Å². The van der Waals surface area contributed by atoms with Gasteiger partial charge in [-0.15, -0.1) is 0 Å². The number of anilines is 1. The third-order valence-corrected chi connectivity index (χ3v) is 4.67. The quantitative estimate of drug-likeness (QED) is 0.634. The minimum atomic E-state index is -1.00. The van der Waals surface area contributed by atoms with Gasteiger partial charge < -0.3 is 10.2 Å². The van der Waals surface area contributed by atoms with E-state index in [2.05, 4.69) is 5.32 Å². The molecule has 1 aliphatic rings. The van der Waals surface area contributed by atoms with Crippen LogP contribution in [0.1, 0.15) is 41.7 Å². The van der Waals surface area contributed by atoms with Crippen LogP contribution in [0, 0.1) is 21.7 Å². The summed E-state index contributed by atoms with van der Waals surface area (Å²) >= 11 is 0. The van der Waals surface area contributed by atoms with Gasteiger partial charge in [0.05, 0.1) is 11.0 Å². The fraction of sp³-hybridized carbons (Fsp3) is 0.316. The number of carbonyl (C=O) groups excluding carboxylic acids is 1. The summed E-state index contributed by atoms with van der Waals surface area (Å²) in [5.74, 6) is -2.49. The Balaban J connectivity index is 1.80. The van der Waals surface area contributed by atoms with E-state index in [0.717, 1.165) is 38.1 Å². The number of benzene rings is 2. The van der Waals surface area contributed by atoms with Gasteiger partial charge in [-0.1, -0.05) is 6.07 Å². The Bertz CT molecular complexity index is 882. The topological polar surface area (TPSA) is 75.5 Å². The molecule has 142 valence electrons. The Hall–Kier alpha value is -3.03. The van der Waals surface area contributed by atoms with Crippen molar-refractivity contribution in [3.8, 4) is 0 Å². The summed E-state index contributed by atoms with van der Waals surface area (Å²) < 4.78 is 26.4. The summed E-state index contributed by atoms with van der Waals surface area (Å²) in [6.07, 6.45) is 1.95. The van der Waals surface area contributed by atoms with Crippen molar-refractivity contribution >= 4 is 17.3 Å². The van der Waals surface area contributed by atoms with Gasteiger partial charge in [0, 0.05) is 24.7 Å². The van der Waals surface area contributed by atoms with Crippen molar-refractivity contribution in [2.75, 3.05) is 18.0 Å². The fourth-order valence-corrected chi connectivity index (χ4v) is 3.18. The molecule has 1 aliphatic heterocycles. The van der Waals surface area contributed by atoms with Gasteiger partial charge in [-0.05, 0) is 49.6 Å². The highest BCUT2D eigenvalue weighted by Crippen LogP contribution is 2.31. The Morgan fingerprint density at radius 1 is 1.15 bits per heavy atom. The number of rotatable bonds is 5. The molecule has 1 N–H and O–H groups in total. The van der Waals surface area contributed by atoms with E-state index in [-0.39, 0.29) is 11.3 Å². The van der Waals surface area contributed by atoms with Gasteiger partial charge in [0.15, 0.2) is 11.6 Å².